The number of rotatable bonds is 6. The van der Waals surface area contributed by atoms with Crippen LogP contribution in [0.5, 0.6) is 0 Å². The Hall–Kier alpha value is -2.65. The van der Waals surface area contributed by atoms with E-state index >= 15 is 0 Å². The third-order valence-corrected chi connectivity index (χ3v) is 5.64. The van der Waals surface area contributed by atoms with Gasteiger partial charge in [-0.15, -0.1) is 11.3 Å². The lowest BCUT2D eigenvalue weighted by atomic mass is 10.1. The Kier molecular flexibility index (Phi) is 5.62. The Balaban J connectivity index is 2.01. The minimum absolute atomic E-state index is 0.336. The van der Waals surface area contributed by atoms with E-state index in [1.807, 2.05) is 31.3 Å². The third-order valence-electron chi connectivity index (χ3n) is 4.45. The zero-order chi connectivity index (χ0) is 19.6. The topological polar surface area (TPSA) is 67.9 Å². The summed E-state index contributed by atoms with van der Waals surface area (Å²) in [5, 5.41) is 11.2. The second kappa shape index (κ2) is 7.93. The number of ether oxygens (including phenoxy) is 1. The molecule has 0 aliphatic carbocycles. The maximum Gasteiger partial charge on any atom is 0.350 e. The van der Waals surface area contributed by atoms with Gasteiger partial charge >= 0.3 is 5.97 Å². The summed E-state index contributed by atoms with van der Waals surface area (Å²) in [5.74, 6) is 0.268. The number of aromatic nitrogens is 2. The van der Waals surface area contributed by atoms with Gasteiger partial charge in [0.05, 0.1) is 17.9 Å². The molecule has 0 saturated carbocycles. The zero-order valence-corrected chi connectivity index (χ0v) is 16.9. The molecule has 0 fully saturated rings. The Morgan fingerprint density at radius 2 is 2.19 bits per heavy atom. The highest BCUT2D eigenvalue weighted by molar-refractivity contribution is 7.17. The first kappa shape index (κ1) is 19.1. The molecule has 0 unspecified atom stereocenters. The molecule has 2 aromatic heterocycles. The van der Waals surface area contributed by atoms with E-state index < -0.39 is 0 Å². The number of carbonyl (C=O) groups is 1. The van der Waals surface area contributed by atoms with Crippen molar-refractivity contribution < 1.29 is 9.53 Å². The molecule has 0 saturated heterocycles. The lowest BCUT2D eigenvalue weighted by Crippen LogP contribution is -2.03. The van der Waals surface area contributed by atoms with E-state index in [9.17, 15) is 10.1 Å². The van der Waals surface area contributed by atoms with E-state index in [-0.39, 0.29) is 5.97 Å². The molecule has 5 nitrogen and oxygen atoms in total. The van der Waals surface area contributed by atoms with Crippen molar-refractivity contribution in [1.82, 2.24) is 9.55 Å². The molecule has 140 valence electrons. The summed E-state index contributed by atoms with van der Waals surface area (Å²) in [6.45, 7) is 9.22. The monoisotopic (exact) mass is 381 g/mol. The number of nitriles is 1. The molecule has 27 heavy (non-hydrogen) atoms. The molecule has 0 radical (unpaired) electrons. The van der Waals surface area contributed by atoms with Gasteiger partial charge < -0.3 is 9.30 Å². The molecule has 3 rings (SSSR count). The normalized spacial score (nSPS) is 11.1. The minimum atomic E-state index is -0.336. The molecule has 0 amide bonds. The first-order chi connectivity index (χ1) is 12.9. The van der Waals surface area contributed by atoms with Crippen LogP contribution in [0.15, 0.2) is 24.4 Å². The van der Waals surface area contributed by atoms with Gasteiger partial charge in [-0.3, -0.25) is 0 Å². The smallest absolute Gasteiger partial charge is 0.350 e. The number of benzene rings is 1. The van der Waals surface area contributed by atoms with Gasteiger partial charge in [-0.2, -0.15) is 5.26 Å². The predicted octanol–water partition coefficient (Wildman–Crippen LogP) is 5.17. The molecule has 0 atom stereocenters. The average Bonchev–Trinajstić information content (AvgIpc) is 3.20. The number of hydrogen-bond acceptors (Lipinski definition) is 5. The van der Waals surface area contributed by atoms with Crippen molar-refractivity contribution in [3.05, 3.63) is 40.5 Å². The maximum atomic E-state index is 12.1. The number of thiazole rings is 1. The molecule has 0 aliphatic rings. The van der Waals surface area contributed by atoms with Gasteiger partial charge in [-0.05, 0) is 44.4 Å². The lowest BCUT2D eigenvalue weighted by Gasteiger charge is -2.07. The molecule has 0 aliphatic heterocycles. The van der Waals surface area contributed by atoms with Gasteiger partial charge in [-0.1, -0.05) is 13.8 Å². The Morgan fingerprint density at radius 3 is 2.85 bits per heavy atom. The van der Waals surface area contributed by atoms with E-state index in [1.165, 1.54) is 11.3 Å². The summed E-state index contributed by atoms with van der Waals surface area (Å²) >= 11 is 1.33. The third kappa shape index (κ3) is 3.88. The quantitative estimate of drug-likeness (QED) is 0.553. The highest BCUT2D eigenvalue weighted by Gasteiger charge is 2.18. The number of carbonyl (C=O) groups excluding carboxylic acids is 1. The fraction of sp³-hybridized carbons (Fsp3) is 0.381. The van der Waals surface area contributed by atoms with Crippen LogP contribution in [-0.2, 0) is 11.3 Å². The van der Waals surface area contributed by atoms with Gasteiger partial charge in [0.2, 0.25) is 0 Å². The van der Waals surface area contributed by atoms with Crippen LogP contribution < -0.4 is 0 Å². The van der Waals surface area contributed by atoms with Crippen LogP contribution in [0.3, 0.4) is 0 Å². The summed E-state index contributed by atoms with van der Waals surface area (Å²) in [6.07, 6.45) is 2.99. The van der Waals surface area contributed by atoms with Crippen LogP contribution in [0.4, 0.5) is 0 Å². The first-order valence-corrected chi connectivity index (χ1v) is 9.94. The number of nitrogens with zero attached hydrogens (tertiary/aromatic N) is 3. The summed E-state index contributed by atoms with van der Waals surface area (Å²) in [7, 11) is 0. The van der Waals surface area contributed by atoms with E-state index in [4.69, 9.17) is 4.74 Å². The van der Waals surface area contributed by atoms with E-state index in [0.717, 1.165) is 34.4 Å². The Bertz CT molecular complexity index is 1020. The minimum Gasteiger partial charge on any atom is -0.462 e. The summed E-state index contributed by atoms with van der Waals surface area (Å²) in [4.78, 5) is 17.1. The van der Waals surface area contributed by atoms with Crippen molar-refractivity contribution in [2.45, 2.75) is 40.7 Å². The van der Waals surface area contributed by atoms with Gasteiger partial charge in [0.15, 0.2) is 0 Å². The summed E-state index contributed by atoms with van der Waals surface area (Å²) in [5.41, 5.74) is 3.29. The van der Waals surface area contributed by atoms with Gasteiger partial charge in [0, 0.05) is 29.2 Å². The van der Waals surface area contributed by atoms with Crippen LogP contribution >= 0.6 is 11.3 Å². The second-order valence-corrected chi connectivity index (χ2v) is 7.92. The molecular formula is C21H23N3O2S. The number of hydrogen-bond donors (Lipinski definition) is 0. The van der Waals surface area contributed by atoms with Crippen molar-refractivity contribution in [3.63, 3.8) is 0 Å². The summed E-state index contributed by atoms with van der Waals surface area (Å²) < 4.78 is 7.25. The van der Waals surface area contributed by atoms with E-state index in [1.54, 1.807) is 6.92 Å². The second-order valence-electron chi connectivity index (χ2n) is 6.92. The number of esters is 1. The molecule has 2 heterocycles. The standard InChI is InChI=1S/C21H23N3O2S/c1-5-26-21(25)19-14(4)23-20(27-19)15-6-7-18-17(10-15)16(11-22)12-24(18)9-8-13(2)3/h6-7,10,12-13H,5,8-9H2,1-4H3. The van der Waals surface area contributed by atoms with Gasteiger partial charge in [0.25, 0.3) is 0 Å². The van der Waals surface area contributed by atoms with Crippen molar-refractivity contribution in [1.29, 1.82) is 5.26 Å². The largest absolute Gasteiger partial charge is 0.462 e. The molecule has 0 spiro atoms. The van der Waals surface area contributed by atoms with Crippen LogP contribution in [0, 0.1) is 24.2 Å². The van der Waals surface area contributed by atoms with Crippen molar-refractivity contribution in [2.75, 3.05) is 6.61 Å². The average molecular weight is 382 g/mol. The Labute approximate surface area is 163 Å². The van der Waals surface area contributed by atoms with Crippen LogP contribution in [0.1, 0.15) is 48.1 Å². The molecule has 6 heteroatoms. The predicted molar refractivity (Wildman–Crippen MR) is 108 cm³/mol. The van der Waals surface area contributed by atoms with Crippen LogP contribution in [0.2, 0.25) is 0 Å². The van der Waals surface area contributed by atoms with Crippen molar-refractivity contribution in [2.24, 2.45) is 5.92 Å². The van der Waals surface area contributed by atoms with E-state index in [0.29, 0.717) is 28.7 Å². The number of aryl methyl sites for hydroxylation is 2. The summed E-state index contributed by atoms with van der Waals surface area (Å²) in [6, 6.07) is 8.33. The fourth-order valence-electron chi connectivity index (χ4n) is 3.01. The molecule has 0 N–H and O–H groups in total. The molecule has 0 bridgehead atoms. The zero-order valence-electron chi connectivity index (χ0n) is 16.1. The van der Waals surface area contributed by atoms with E-state index in [2.05, 4.69) is 29.5 Å². The van der Waals surface area contributed by atoms with Gasteiger partial charge in [-0.25, -0.2) is 9.78 Å². The number of fused-ring (bicyclic) bond motifs is 1. The molecule has 3 aromatic rings. The van der Waals surface area contributed by atoms with Crippen LogP contribution in [0.25, 0.3) is 21.5 Å². The highest BCUT2D eigenvalue weighted by Crippen LogP contribution is 2.32. The molecular weight excluding hydrogens is 358 g/mol. The maximum absolute atomic E-state index is 12.1. The fourth-order valence-corrected chi connectivity index (χ4v) is 3.96. The van der Waals surface area contributed by atoms with Gasteiger partial charge in [0.1, 0.15) is 16.0 Å². The first-order valence-electron chi connectivity index (χ1n) is 9.12. The van der Waals surface area contributed by atoms with Crippen molar-refractivity contribution in [3.8, 4) is 16.6 Å². The van der Waals surface area contributed by atoms with Crippen LogP contribution in [-0.4, -0.2) is 22.1 Å². The van der Waals surface area contributed by atoms with Crippen molar-refractivity contribution >= 4 is 28.2 Å². The Morgan fingerprint density at radius 1 is 1.41 bits per heavy atom. The SMILES string of the molecule is CCOC(=O)c1sc(-c2ccc3c(c2)c(C#N)cn3CCC(C)C)nc1C. The molecule has 1 aromatic carbocycles. The highest BCUT2D eigenvalue weighted by atomic mass is 32.1. The lowest BCUT2D eigenvalue weighted by molar-refractivity contribution is 0.0531.